The highest BCUT2D eigenvalue weighted by Crippen LogP contribution is 2.15. The summed E-state index contributed by atoms with van der Waals surface area (Å²) < 4.78 is 5.07. The highest BCUT2D eigenvalue weighted by atomic mass is 16.5. The van der Waals surface area contributed by atoms with Crippen LogP contribution in [-0.4, -0.2) is 13.0 Å². The number of benzene rings is 2. The highest BCUT2D eigenvalue weighted by molar-refractivity contribution is 6.01. The predicted molar refractivity (Wildman–Crippen MR) is 86.6 cm³/mol. The van der Waals surface area contributed by atoms with E-state index in [1.807, 2.05) is 24.3 Å². The van der Waals surface area contributed by atoms with E-state index in [9.17, 15) is 4.79 Å². The van der Waals surface area contributed by atoms with Crippen molar-refractivity contribution in [1.82, 2.24) is 0 Å². The van der Waals surface area contributed by atoms with Crippen LogP contribution in [0.5, 0.6) is 5.75 Å². The van der Waals surface area contributed by atoms with Crippen LogP contribution in [0, 0.1) is 13.8 Å². The van der Waals surface area contributed by atoms with Crippen molar-refractivity contribution < 1.29 is 9.53 Å². The molecular weight excluding hydrogens is 262 g/mol. The molecule has 0 aliphatic carbocycles. The highest BCUT2D eigenvalue weighted by Gasteiger charge is 1.99. The Morgan fingerprint density at radius 2 is 1.76 bits per heavy atom. The Bertz CT molecular complexity index is 657. The van der Waals surface area contributed by atoms with Gasteiger partial charge in [-0.3, -0.25) is 4.79 Å². The Hall–Kier alpha value is -2.55. The number of hydrogen-bond donors (Lipinski definition) is 1. The molecule has 0 heterocycles. The summed E-state index contributed by atoms with van der Waals surface area (Å²) in [6.07, 6.45) is 3.35. The van der Waals surface area contributed by atoms with Crippen molar-refractivity contribution in [2.75, 3.05) is 12.4 Å². The molecule has 0 aliphatic heterocycles. The SMILES string of the molecule is COc1ccc(NC(=O)/C=C/c2ccc(C)c(C)c2)cc1. The fraction of sp³-hybridized carbons (Fsp3) is 0.167. The zero-order valence-corrected chi connectivity index (χ0v) is 12.5. The van der Waals surface area contributed by atoms with Crippen LogP contribution in [0.3, 0.4) is 0 Å². The number of carbonyl (C=O) groups excluding carboxylic acids is 1. The number of rotatable bonds is 4. The minimum atomic E-state index is -0.154. The molecule has 0 radical (unpaired) electrons. The van der Waals surface area contributed by atoms with E-state index in [-0.39, 0.29) is 5.91 Å². The molecule has 3 nitrogen and oxygen atoms in total. The van der Waals surface area contributed by atoms with Gasteiger partial charge in [-0.2, -0.15) is 0 Å². The van der Waals surface area contributed by atoms with Crippen molar-refractivity contribution >= 4 is 17.7 Å². The molecule has 0 saturated heterocycles. The molecule has 0 spiro atoms. The van der Waals surface area contributed by atoms with E-state index >= 15 is 0 Å². The summed E-state index contributed by atoms with van der Waals surface area (Å²) in [5, 5.41) is 2.81. The molecule has 0 aromatic heterocycles. The van der Waals surface area contributed by atoms with Gasteiger partial charge < -0.3 is 10.1 Å². The smallest absolute Gasteiger partial charge is 0.248 e. The molecule has 1 amide bonds. The summed E-state index contributed by atoms with van der Waals surface area (Å²) in [6, 6.07) is 13.3. The summed E-state index contributed by atoms with van der Waals surface area (Å²) in [4.78, 5) is 11.9. The minimum Gasteiger partial charge on any atom is -0.497 e. The Morgan fingerprint density at radius 1 is 1.05 bits per heavy atom. The second-order valence-electron chi connectivity index (χ2n) is 4.89. The fourth-order valence-corrected chi connectivity index (χ4v) is 1.90. The van der Waals surface area contributed by atoms with E-state index in [2.05, 4.69) is 31.3 Å². The van der Waals surface area contributed by atoms with Crippen LogP contribution in [-0.2, 0) is 4.79 Å². The van der Waals surface area contributed by atoms with Crippen LogP contribution in [0.2, 0.25) is 0 Å². The largest absolute Gasteiger partial charge is 0.497 e. The zero-order valence-electron chi connectivity index (χ0n) is 12.5. The van der Waals surface area contributed by atoms with Gasteiger partial charge in [0.2, 0.25) is 5.91 Å². The first-order valence-corrected chi connectivity index (χ1v) is 6.79. The van der Waals surface area contributed by atoms with Crippen LogP contribution in [0.15, 0.2) is 48.5 Å². The van der Waals surface area contributed by atoms with Gasteiger partial charge in [-0.15, -0.1) is 0 Å². The second-order valence-corrected chi connectivity index (χ2v) is 4.89. The molecule has 0 saturated carbocycles. The van der Waals surface area contributed by atoms with Gasteiger partial charge >= 0.3 is 0 Å². The summed E-state index contributed by atoms with van der Waals surface area (Å²) in [6.45, 7) is 4.13. The van der Waals surface area contributed by atoms with E-state index < -0.39 is 0 Å². The standard InChI is InChI=1S/C18H19NO2/c1-13-4-5-15(12-14(13)2)6-11-18(20)19-16-7-9-17(21-3)10-8-16/h4-12H,1-3H3,(H,19,20)/b11-6+. The van der Waals surface area contributed by atoms with E-state index in [0.717, 1.165) is 17.0 Å². The summed E-state index contributed by atoms with van der Waals surface area (Å²) in [5.41, 5.74) is 4.22. The van der Waals surface area contributed by atoms with Crippen molar-refractivity contribution in [3.63, 3.8) is 0 Å². The number of nitrogens with one attached hydrogen (secondary N) is 1. The number of amides is 1. The van der Waals surface area contributed by atoms with Crippen LogP contribution in [0.1, 0.15) is 16.7 Å². The lowest BCUT2D eigenvalue weighted by atomic mass is 10.1. The lowest BCUT2D eigenvalue weighted by Crippen LogP contribution is -2.07. The molecule has 3 heteroatoms. The van der Waals surface area contributed by atoms with Gasteiger partial charge in [0.25, 0.3) is 0 Å². The van der Waals surface area contributed by atoms with Crippen molar-refractivity contribution in [2.45, 2.75) is 13.8 Å². The molecule has 0 aliphatic rings. The number of anilines is 1. The Balaban J connectivity index is 1.99. The summed E-state index contributed by atoms with van der Waals surface area (Å²) in [5.74, 6) is 0.608. The average molecular weight is 281 g/mol. The maximum atomic E-state index is 11.9. The minimum absolute atomic E-state index is 0.154. The molecule has 2 aromatic carbocycles. The van der Waals surface area contributed by atoms with Crippen molar-refractivity contribution in [1.29, 1.82) is 0 Å². The molecular formula is C18H19NO2. The van der Waals surface area contributed by atoms with Gasteiger partial charge in [0.05, 0.1) is 7.11 Å². The first-order valence-electron chi connectivity index (χ1n) is 6.79. The molecule has 0 fully saturated rings. The quantitative estimate of drug-likeness (QED) is 0.861. The van der Waals surface area contributed by atoms with E-state index in [1.54, 1.807) is 19.2 Å². The number of carbonyl (C=O) groups is 1. The van der Waals surface area contributed by atoms with Crippen LogP contribution in [0.25, 0.3) is 6.08 Å². The number of aryl methyl sites for hydroxylation is 2. The van der Waals surface area contributed by atoms with E-state index in [1.165, 1.54) is 17.2 Å². The fourth-order valence-electron chi connectivity index (χ4n) is 1.90. The Kier molecular flexibility index (Phi) is 4.77. The number of hydrogen-bond acceptors (Lipinski definition) is 2. The third kappa shape index (κ3) is 4.21. The molecule has 0 bridgehead atoms. The van der Waals surface area contributed by atoms with Crippen LogP contribution in [0.4, 0.5) is 5.69 Å². The third-order valence-corrected chi connectivity index (χ3v) is 3.32. The monoisotopic (exact) mass is 281 g/mol. The number of methoxy groups -OCH3 is 1. The Morgan fingerprint density at radius 3 is 2.38 bits per heavy atom. The first kappa shape index (κ1) is 14.9. The molecule has 2 rings (SSSR count). The van der Waals surface area contributed by atoms with Crippen molar-refractivity contribution in [3.05, 3.63) is 65.2 Å². The normalized spacial score (nSPS) is 10.6. The maximum Gasteiger partial charge on any atom is 0.248 e. The molecule has 2 aromatic rings. The third-order valence-electron chi connectivity index (χ3n) is 3.32. The van der Waals surface area contributed by atoms with Gasteiger partial charge in [-0.1, -0.05) is 18.2 Å². The predicted octanol–water partition coefficient (Wildman–Crippen LogP) is 3.96. The second kappa shape index (κ2) is 6.75. The van der Waals surface area contributed by atoms with Crippen molar-refractivity contribution in [2.24, 2.45) is 0 Å². The molecule has 0 unspecified atom stereocenters. The number of ether oxygens (including phenoxy) is 1. The van der Waals surface area contributed by atoms with E-state index in [0.29, 0.717) is 0 Å². The van der Waals surface area contributed by atoms with Crippen molar-refractivity contribution in [3.8, 4) is 5.75 Å². The van der Waals surface area contributed by atoms with Gasteiger partial charge in [0.1, 0.15) is 5.75 Å². The van der Waals surface area contributed by atoms with Crippen LogP contribution >= 0.6 is 0 Å². The summed E-state index contributed by atoms with van der Waals surface area (Å²) >= 11 is 0. The van der Waals surface area contributed by atoms with E-state index in [4.69, 9.17) is 4.74 Å². The lowest BCUT2D eigenvalue weighted by molar-refractivity contribution is -0.111. The van der Waals surface area contributed by atoms with Gasteiger partial charge in [0, 0.05) is 11.8 Å². The van der Waals surface area contributed by atoms with Gasteiger partial charge in [-0.25, -0.2) is 0 Å². The maximum absolute atomic E-state index is 11.9. The zero-order chi connectivity index (χ0) is 15.2. The van der Waals surface area contributed by atoms with Crippen LogP contribution < -0.4 is 10.1 Å². The first-order chi connectivity index (χ1) is 10.1. The molecule has 21 heavy (non-hydrogen) atoms. The van der Waals surface area contributed by atoms with Gasteiger partial charge in [0.15, 0.2) is 0 Å². The molecule has 0 atom stereocenters. The average Bonchev–Trinajstić information content (AvgIpc) is 2.49. The molecule has 108 valence electrons. The topological polar surface area (TPSA) is 38.3 Å². The lowest BCUT2D eigenvalue weighted by Gasteiger charge is -2.04. The Labute approximate surface area is 125 Å². The summed E-state index contributed by atoms with van der Waals surface area (Å²) in [7, 11) is 1.61. The molecule has 1 N–H and O–H groups in total. The van der Waals surface area contributed by atoms with Gasteiger partial charge in [-0.05, 0) is 60.9 Å².